The van der Waals surface area contributed by atoms with Gasteiger partial charge in [0.1, 0.15) is 0 Å². The van der Waals surface area contributed by atoms with Crippen molar-refractivity contribution in [2.24, 2.45) is 0 Å². The third-order valence-electron chi connectivity index (χ3n) is 4.16. The summed E-state index contributed by atoms with van der Waals surface area (Å²) in [4.78, 5) is 0. The maximum Gasteiger partial charge on any atom is -0.0195 e. The molecule has 0 nitrogen and oxygen atoms in total. The highest BCUT2D eigenvalue weighted by molar-refractivity contribution is 7.73. The van der Waals surface area contributed by atoms with Crippen LogP contribution in [0.1, 0.15) is 18.1 Å². The lowest BCUT2D eigenvalue weighted by Gasteiger charge is -2.19. The number of hydrogen-bond donors (Lipinski definition) is 0. The van der Waals surface area contributed by atoms with Crippen LogP contribution >= 0.6 is 7.92 Å². The smallest absolute Gasteiger partial charge is 0.0195 e. The molecule has 0 aliphatic rings. The van der Waals surface area contributed by atoms with E-state index in [-0.39, 0.29) is 7.92 Å². The summed E-state index contributed by atoms with van der Waals surface area (Å²) in [5.41, 5.74) is 2.90. The average Bonchev–Trinajstić information content (AvgIpc) is 2.64. The van der Waals surface area contributed by atoms with Crippen molar-refractivity contribution in [2.45, 2.75) is 19.8 Å². The molecule has 23 heavy (non-hydrogen) atoms. The van der Waals surface area contributed by atoms with Gasteiger partial charge in [-0.25, -0.2) is 0 Å². The zero-order valence-corrected chi connectivity index (χ0v) is 14.5. The molecular weight excluding hydrogens is 295 g/mol. The molecule has 0 radical (unpaired) electrons. The molecule has 0 saturated heterocycles. The monoisotopic (exact) mass is 318 g/mol. The van der Waals surface area contributed by atoms with E-state index in [1.54, 1.807) is 0 Å². The van der Waals surface area contributed by atoms with E-state index in [1.807, 2.05) is 0 Å². The van der Waals surface area contributed by atoms with Crippen molar-refractivity contribution < 1.29 is 0 Å². The van der Waals surface area contributed by atoms with E-state index in [2.05, 4.69) is 91.9 Å². The normalized spacial score (nSPS) is 10.9. The lowest BCUT2D eigenvalue weighted by molar-refractivity contribution is 1.09. The van der Waals surface area contributed by atoms with Crippen molar-refractivity contribution in [1.82, 2.24) is 0 Å². The maximum absolute atomic E-state index is 2.36. The first kappa shape index (κ1) is 16.0. The second kappa shape index (κ2) is 8.09. The van der Waals surface area contributed by atoms with Gasteiger partial charge in [0.25, 0.3) is 0 Å². The molecule has 0 aromatic heterocycles. The van der Waals surface area contributed by atoms with Gasteiger partial charge in [-0.05, 0) is 48.7 Å². The van der Waals surface area contributed by atoms with E-state index < -0.39 is 0 Å². The molecule has 0 aliphatic heterocycles. The Kier molecular flexibility index (Phi) is 5.61. The minimum atomic E-state index is -0.288. The lowest BCUT2D eigenvalue weighted by atomic mass is 10.1. The minimum absolute atomic E-state index is 0.288. The standard InChI is InChI=1S/C22H23P/c1-2-19-10-9-11-20(18-19)16-17-23(21-12-5-3-6-13-21)22-14-7-4-8-15-22/h3-15,18H,2,16-17H2,1H3. The van der Waals surface area contributed by atoms with Gasteiger partial charge in [-0.2, -0.15) is 0 Å². The molecule has 0 saturated carbocycles. The molecule has 0 fully saturated rings. The second-order valence-corrected chi connectivity index (χ2v) is 8.08. The van der Waals surface area contributed by atoms with Gasteiger partial charge in [-0.1, -0.05) is 91.9 Å². The van der Waals surface area contributed by atoms with Crippen molar-refractivity contribution in [1.29, 1.82) is 0 Å². The maximum atomic E-state index is 2.36. The summed E-state index contributed by atoms with van der Waals surface area (Å²) in [6, 6.07) is 31.0. The lowest BCUT2D eigenvalue weighted by Crippen LogP contribution is -2.14. The third kappa shape index (κ3) is 4.30. The molecule has 3 rings (SSSR count). The van der Waals surface area contributed by atoms with Crippen LogP contribution in [0.25, 0.3) is 0 Å². The molecule has 3 aromatic carbocycles. The van der Waals surface area contributed by atoms with Crippen molar-refractivity contribution in [3.63, 3.8) is 0 Å². The summed E-state index contributed by atoms with van der Waals surface area (Å²) in [6.45, 7) is 2.22. The highest BCUT2D eigenvalue weighted by Gasteiger charge is 2.13. The molecular formula is C22H23P. The van der Waals surface area contributed by atoms with E-state index in [1.165, 1.54) is 27.9 Å². The quantitative estimate of drug-likeness (QED) is 0.566. The largest absolute Gasteiger partial charge is 0.0622 e. The third-order valence-corrected chi connectivity index (χ3v) is 6.67. The van der Waals surface area contributed by atoms with Crippen LogP contribution in [0.15, 0.2) is 84.9 Å². The van der Waals surface area contributed by atoms with Crippen LogP contribution in [0.3, 0.4) is 0 Å². The molecule has 0 amide bonds. The Bertz CT molecular complexity index is 680. The first-order chi connectivity index (χ1) is 11.4. The van der Waals surface area contributed by atoms with Crippen LogP contribution in [0.4, 0.5) is 0 Å². The minimum Gasteiger partial charge on any atom is -0.0622 e. The summed E-state index contributed by atoms with van der Waals surface area (Å²) < 4.78 is 0. The first-order valence-corrected chi connectivity index (χ1v) is 9.85. The Labute approximate surface area is 141 Å². The molecule has 116 valence electrons. The van der Waals surface area contributed by atoms with E-state index >= 15 is 0 Å². The zero-order valence-electron chi connectivity index (χ0n) is 13.7. The number of hydrogen-bond acceptors (Lipinski definition) is 0. The van der Waals surface area contributed by atoms with Gasteiger partial charge in [0.2, 0.25) is 0 Å². The summed E-state index contributed by atoms with van der Waals surface area (Å²) >= 11 is 0. The van der Waals surface area contributed by atoms with E-state index in [0.29, 0.717) is 0 Å². The molecule has 0 N–H and O–H groups in total. The van der Waals surface area contributed by atoms with Crippen molar-refractivity contribution in [3.8, 4) is 0 Å². The Morgan fingerprint density at radius 3 is 1.78 bits per heavy atom. The van der Waals surface area contributed by atoms with Crippen molar-refractivity contribution in [3.05, 3.63) is 96.1 Å². The zero-order chi connectivity index (χ0) is 15.9. The van der Waals surface area contributed by atoms with Crippen molar-refractivity contribution >= 4 is 18.5 Å². The summed E-state index contributed by atoms with van der Waals surface area (Å²) in [5.74, 6) is 0. The van der Waals surface area contributed by atoms with Gasteiger partial charge in [0.05, 0.1) is 0 Å². The van der Waals surface area contributed by atoms with Gasteiger partial charge >= 0.3 is 0 Å². The fraction of sp³-hybridized carbons (Fsp3) is 0.182. The second-order valence-electron chi connectivity index (χ2n) is 5.75. The predicted octanol–water partition coefficient (Wildman–Crippen LogP) is 4.92. The highest BCUT2D eigenvalue weighted by Crippen LogP contribution is 2.34. The van der Waals surface area contributed by atoms with E-state index in [9.17, 15) is 0 Å². The van der Waals surface area contributed by atoms with Crippen LogP contribution < -0.4 is 10.6 Å². The van der Waals surface area contributed by atoms with Crippen LogP contribution in [-0.4, -0.2) is 6.16 Å². The topological polar surface area (TPSA) is 0 Å². The summed E-state index contributed by atoms with van der Waals surface area (Å²) in [6.07, 6.45) is 3.46. The molecule has 0 heterocycles. The van der Waals surface area contributed by atoms with E-state index in [0.717, 1.165) is 12.8 Å². The van der Waals surface area contributed by atoms with Crippen LogP contribution in [0.5, 0.6) is 0 Å². The number of aryl methyl sites for hydroxylation is 2. The molecule has 0 atom stereocenters. The predicted molar refractivity (Wildman–Crippen MR) is 103 cm³/mol. The SMILES string of the molecule is CCc1cccc(CCP(c2ccccc2)c2ccccc2)c1. The number of rotatable bonds is 6. The average molecular weight is 318 g/mol. The van der Waals surface area contributed by atoms with Gasteiger partial charge in [-0.15, -0.1) is 0 Å². The highest BCUT2D eigenvalue weighted by atomic mass is 31.1. The molecule has 1 heteroatoms. The van der Waals surface area contributed by atoms with Crippen LogP contribution in [-0.2, 0) is 12.8 Å². The molecule has 0 spiro atoms. The molecule has 3 aromatic rings. The Hall–Kier alpha value is -1.91. The van der Waals surface area contributed by atoms with Gasteiger partial charge in [0.15, 0.2) is 0 Å². The summed E-state index contributed by atoms with van der Waals surface area (Å²) in [5, 5.41) is 2.95. The summed E-state index contributed by atoms with van der Waals surface area (Å²) in [7, 11) is -0.288. The Balaban J connectivity index is 1.82. The van der Waals surface area contributed by atoms with Gasteiger partial charge in [0, 0.05) is 0 Å². The Morgan fingerprint density at radius 1 is 0.652 bits per heavy atom. The van der Waals surface area contributed by atoms with Crippen LogP contribution in [0, 0.1) is 0 Å². The fourth-order valence-corrected chi connectivity index (χ4v) is 5.23. The number of benzene rings is 3. The Morgan fingerprint density at radius 2 is 1.22 bits per heavy atom. The van der Waals surface area contributed by atoms with E-state index in [4.69, 9.17) is 0 Å². The molecule has 0 aliphatic carbocycles. The van der Waals surface area contributed by atoms with Gasteiger partial charge in [-0.3, -0.25) is 0 Å². The first-order valence-electron chi connectivity index (χ1n) is 8.32. The van der Waals surface area contributed by atoms with Crippen LogP contribution in [0.2, 0.25) is 0 Å². The fourth-order valence-electron chi connectivity index (χ4n) is 2.87. The van der Waals surface area contributed by atoms with Crippen molar-refractivity contribution in [2.75, 3.05) is 6.16 Å². The van der Waals surface area contributed by atoms with Gasteiger partial charge < -0.3 is 0 Å². The molecule has 0 bridgehead atoms. The molecule has 0 unspecified atom stereocenters.